The zero-order valence-electron chi connectivity index (χ0n) is 7.98. The van der Waals surface area contributed by atoms with Gasteiger partial charge in [0.15, 0.2) is 0 Å². The Morgan fingerprint density at radius 2 is 1.92 bits per heavy atom. The molecule has 0 radical (unpaired) electrons. The van der Waals surface area contributed by atoms with Crippen LogP contribution in [0.2, 0.25) is 0 Å². The van der Waals surface area contributed by atoms with Crippen LogP contribution >= 0.6 is 12.6 Å². The summed E-state index contributed by atoms with van der Waals surface area (Å²) in [4.78, 5) is 0.831. The summed E-state index contributed by atoms with van der Waals surface area (Å²) < 4.78 is 15.6. The van der Waals surface area contributed by atoms with Gasteiger partial charge in [-0.05, 0) is 12.2 Å². The third-order valence-corrected chi connectivity index (χ3v) is 2.24. The number of methoxy groups -OCH3 is 3. The fourth-order valence-electron chi connectivity index (χ4n) is 1.31. The van der Waals surface area contributed by atoms with E-state index in [1.54, 1.807) is 21.3 Å². The highest BCUT2D eigenvalue weighted by Crippen LogP contribution is 2.24. The van der Waals surface area contributed by atoms with Gasteiger partial charge in [-0.25, -0.2) is 0 Å². The molecule has 0 amide bonds. The van der Waals surface area contributed by atoms with Crippen molar-refractivity contribution in [1.29, 1.82) is 0 Å². The summed E-state index contributed by atoms with van der Waals surface area (Å²) in [5.41, 5.74) is 0. The molecule has 0 aromatic carbocycles. The highest BCUT2D eigenvalue weighted by atomic mass is 32.1. The van der Waals surface area contributed by atoms with Gasteiger partial charge in [0.2, 0.25) is 0 Å². The predicted molar refractivity (Wildman–Crippen MR) is 53.8 cm³/mol. The average molecular weight is 202 g/mol. The van der Waals surface area contributed by atoms with E-state index < -0.39 is 0 Å². The first-order chi connectivity index (χ1) is 6.22. The van der Waals surface area contributed by atoms with Crippen LogP contribution in [0.4, 0.5) is 0 Å². The highest BCUT2D eigenvalue weighted by Gasteiger charge is 2.27. The number of hydrogen-bond acceptors (Lipinski definition) is 4. The second-order valence-electron chi connectivity index (χ2n) is 2.70. The molecule has 0 bridgehead atoms. The minimum atomic E-state index is -0.175. The van der Waals surface area contributed by atoms with E-state index in [-0.39, 0.29) is 12.2 Å². The Balaban J connectivity index is 2.86. The number of rotatable bonds is 3. The monoisotopic (exact) mass is 202 g/mol. The molecule has 0 aromatic rings. The van der Waals surface area contributed by atoms with Crippen LogP contribution < -0.4 is 0 Å². The van der Waals surface area contributed by atoms with Crippen LogP contribution in [0, 0.1) is 0 Å². The molecular formula is C9H14O3S. The van der Waals surface area contributed by atoms with E-state index in [0.29, 0.717) is 0 Å². The lowest BCUT2D eigenvalue weighted by atomic mass is 10.1. The van der Waals surface area contributed by atoms with Gasteiger partial charge in [0, 0.05) is 19.1 Å². The minimum absolute atomic E-state index is 0.127. The lowest BCUT2D eigenvalue weighted by Gasteiger charge is -2.27. The van der Waals surface area contributed by atoms with Crippen molar-refractivity contribution in [3.05, 3.63) is 22.8 Å². The lowest BCUT2D eigenvalue weighted by Crippen LogP contribution is -2.33. The number of thiol groups is 1. The maximum absolute atomic E-state index is 5.25. The molecule has 1 rings (SSSR count). The van der Waals surface area contributed by atoms with Gasteiger partial charge in [-0.2, -0.15) is 0 Å². The van der Waals surface area contributed by atoms with E-state index in [4.69, 9.17) is 14.2 Å². The standard InChI is InChI=1S/C9H14O3S/c1-10-7-4-6(13)5-8(11-2)9(7)12-3/h4-5,7,9,13H,1-3H3. The Morgan fingerprint density at radius 3 is 2.38 bits per heavy atom. The molecule has 0 aliphatic heterocycles. The van der Waals surface area contributed by atoms with Crippen LogP contribution in [-0.2, 0) is 14.2 Å². The molecule has 0 spiro atoms. The summed E-state index contributed by atoms with van der Waals surface area (Å²) in [5.74, 6) is 0.738. The van der Waals surface area contributed by atoms with Crippen LogP contribution in [0.25, 0.3) is 0 Å². The molecule has 0 N–H and O–H groups in total. The van der Waals surface area contributed by atoms with Gasteiger partial charge in [-0.15, -0.1) is 12.6 Å². The van der Waals surface area contributed by atoms with Crippen molar-refractivity contribution in [3.63, 3.8) is 0 Å². The first-order valence-electron chi connectivity index (χ1n) is 3.95. The van der Waals surface area contributed by atoms with Gasteiger partial charge in [-0.1, -0.05) is 0 Å². The zero-order chi connectivity index (χ0) is 9.84. The van der Waals surface area contributed by atoms with E-state index in [1.807, 2.05) is 12.2 Å². The molecule has 4 heteroatoms. The van der Waals surface area contributed by atoms with Crippen LogP contribution in [0.3, 0.4) is 0 Å². The van der Waals surface area contributed by atoms with Gasteiger partial charge in [0.1, 0.15) is 18.0 Å². The van der Waals surface area contributed by atoms with E-state index in [9.17, 15) is 0 Å². The largest absolute Gasteiger partial charge is 0.498 e. The third kappa shape index (κ3) is 2.27. The fourth-order valence-corrected chi connectivity index (χ4v) is 1.58. The number of hydrogen-bond donors (Lipinski definition) is 1. The van der Waals surface area contributed by atoms with Crippen molar-refractivity contribution in [2.75, 3.05) is 21.3 Å². The van der Waals surface area contributed by atoms with Gasteiger partial charge in [0.25, 0.3) is 0 Å². The Morgan fingerprint density at radius 1 is 1.23 bits per heavy atom. The summed E-state index contributed by atoms with van der Waals surface area (Å²) >= 11 is 4.24. The summed E-state index contributed by atoms with van der Waals surface area (Å²) in [5, 5.41) is 0. The van der Waals surface area contributed by atoms with Crippen molar-refractivity contribution in [2.45, 2.75) is 12.2 Å². The Labute approximate surface area is 83.8 Å². The quantitative estimate of drug-likeness (QED) is 0.701. The SMILES string of the molecule is COC1=CC(S)=CC(OC)C1OC. The van der Waals surface area contributed by atoms with Crippen molar-refractivity contribution in [3.8, 4) is 0 Å². The predicted octanol–water partition coefficient (Wildman–Crippen LogP) is 1.37. The second kappa shape index (κ2) is 4.69. The fraction of sp³-hybridized carbons (Fsp3) is 0.556. The average Bonchev–Trinajstić information content (AvgIpc) is 2.16. The zero-order valence-corrected chi connectivity index (χ0v) is 8.88. The van der Waals surface area contributed by atoms with Crippen LogP contribution in [0.5, 0.6) is 0 Å². The van der Waals surface area contributed by atoms with Crippen molar-refractivity contribution in [1.82, 2.24) is 0 Å². The maximum Gasteiger partial charge on any atom is 0.144 e. The number of allylic oxidation sites excluding steroid dienone is 1. The third-order valence-electron chi connectivity index (χ3n) is 1.97. The van der Waals surface area contributed by atoms with Gasteiger partial charge < -0.3 is 14.2 Å². The molecule has 2 atom stereocenters. The topological polar surface area (TPSA) is 27.7 Å². The first-order valence-corrected chi connectivity index (χ1v) is 4.39. The summed E-state index contributed by atoms with van der Waals surface area (Å²) in [6.07, 6.45) is 3.41. The molecule has 0 saturated carbocycles. The van der Waals surface area contributed by atoms with Crippen molar-refractivity contribution in [2.24, 2.45) is 0 Å². The normalized spacial score (nSPS) is 28.0. The maximum atomic E-state index is 5.25. The van der Waals surface area contributed by atoms with Crippen molar-refractivity contribution >= 4 is 12.6 Å². The highest BCUT2D eigenvalue weighted by molar-refractivity contribution is 7.84. The number of ether oxygens (including phenoxy) is 3. The summed E-state index contributed by atoms with van der Waals surface area (Å²) in [6.45, 7) is 0. The first kappa shape index (κ1) is 10.6. The molecule has 0 heterocycles. The smallest absolute Gasteiger partial charge is 0.144 e. The summed E-state index contributed by atoms with van der Waals surface area (Å²) in [7, 11) is 4.87. The minimum Gasteiger partial charge on any atom is -0.498 e. The van der Waals surface area contributed by atoms with Crippen LogP contribution in [0.1, 0.15) is 0 Å². The second-order valence-corrected chi connectivity index (χ2v) is 3.22. The molecule has 0 saturated heterocycles. The van der Waals surface area contributed by atoms with E-state index in [2.05, 4.69) is 12.6 Å². The molecule has 1 aliphatic carbocycles. The molecule has 74 valence electrons. The Hall–Kier alpha value is -0.450. The van der Waals surface area contributed by atoms with E-state index >= 15 is 0 Å². The Bertz CT molecular complexity index is 235. The Kier molecular flexibility index (Phi) is 3.84. The van der Waals surface area contributed by atoms with Crippen LogP contribution in [-0.4, -0.2) is 33.5 Å². The van der Waals surface area contributed by atoms with E-state index in [1.165, 1.54) is 0 Å². The molecule has 1 aliphatic rings. The van der Waals surface area contributed by atoms with E-state index in [0.717, 1.165) is 10.7 Å². The molecule has 0 aromatic heterocycles. The summed E-state index contributed by atoms with van der Waals surface area (Å²) in [6, 6.07) is 0. The molecule has 13 heavy (non-hydrogen) atoms. The molecule has 0 fully saturated rings. The molecular weight excluding hydrogens is 188 g/mol. The lowest BCUT2D eigenvalue weighted by molar-refractivity contribution is -0.0185. The molecule has 2 unspecified atom stereocenters. The van der Waals surface area contributed by atoms with Gasteiger partial charge in [0.05, 0.1) is 7.11 Å². The van der Waals surface area contributed by atoms with Gasteiger partial charge >= 0.3 is 0 Å². The van der Waals surface area contributed by atoms with Crippen molar-refractivity contribution < 1.29 is 14.2 Å². The van der Waals surface area contributed by atoms with Gasteiger partial charge in [-0.3, -0.25) is 0 Å². The molecule has 3 nitrogen and oxygen atoms in total. The van der Waals surface area contributed by atoms with Crippen LogP contribution in [0.15, 0.2) is 22.8 Å².